The Morgan fingerprint density at radius 3 is 2.21 bits per heavy atom. The molecule has 1 saturated carbocycles. The molecule has 0 aliphatic heterocycles. The Hall–Kier alpha value is -2.26. The lowest BCUT2D eigenvalue weighted by Gasteiger charge is -2.34. The fourth-order valence-electron chi connectivity index (χ4n) is 5.83. The molecule has 0 heterocycles. The lowest BCUT2D eigenvalue weighted by atomic mass is 9.99. The number of thiocarbonyl (C=S) groups is 1. The lowest BCUT2D eigenvalue weighted by molar-refractivity contribution is 0.150. The van der Waals surface area contributed by atoms with Gasteiger partial charge in [0, 0.05) is 12.5 Å². The van der Waals surface area contributed by atoms with Crippen LogP contribution in [0.3, 0.4) is 0 Å². The molecular weight excluding hydrogens is 455 g/mol. The molecule has 0 amide bonds. The van der Waals surface area contributed by atoms with E-state index >= 15 is 0 Å². The second-order valence-electron chi connectivity index (χ2n) is 9.56. The molecule has 0 aromatic heterocycles. The summed E-state index contributed by atoms with van der Waals surface area (Å²) < 4.78 is 0. The van der Waals surface area contributed by atoms with Gasteiger partial charge in [0.2, 0.25) is 0 Å². The minimum atomic E-state index is -0.448. The van der Waals surface area contributed by atoms with Crippen molar-refractivity contribution in [2.24, 2.45) is 5.92 Å². The van der Waals surface area contributed by atoms with E-state index in [9.17, 15) is 5.11 Å². The fraction of sp³-hybridized carbons (Fsp3) is 0.345. The van der Waals surface area contributed by atoms with Crippen LogP contribution in [0.1, 0.15) is 43.4 Å². The Morgan fingerprint density at radius 1 is 0.912 bits per heavy atom. The SMILES string of the molecule is C[C@@H](NC(=S)N[C@H]1c2ccccc2C[C@@H]1O)C1CCCC1P(c1ccccc1)c1ccccc1. The van der Waals surface area contributed by atoms with Gasteiger partial charge < -0.3 is 15.7 Å². The van der Waals surface area contributed by atoms with Crippen LogP contribution in [0, 0.1) is 5.92 Å². The number of fused-ring (bicyclic) bond motifs is 1. The van der Waals surface area contributed by atoms with Crippen molar-refractivity contribution in [3.63, 3.8) is 0 Å². The molecule has 3 aromatic rings. The molecule has 34 heavy (non-hydrogen) atoms. The van der Waals surface area contributed by atoms with Gasteiger partial charge >= 0.3 is 0 Å². The first-order valence-electron chi connectivity index (χ1n) is 12.3. The molecule has 3 N–H and O–H groups in total. The van der Waals surface area contributed by atoms with Crippen LogP contribution in [0.15, 0.2) is 84.9 Å². The van der Waals surface area contributed by atoms with Crippen molar-refractivity contribution in [1.29, 1.82) is 0 Å². The molecule has 2 aliphatic carbocycles. The van der Waals surface area contributed by atoms with Gasteiger partial charge in [0.1, 0.15) is 0 Å². The molecule has 1 fully saturated rings. The predicted molar refractivity (Wildman–Crippen MR) is 147 cm³/mol. The first-order chi connectivity index (χ1) is 16.6. The smallest absolute Gasteiger partial charge is 0.167 e. The molecule has 0 bridgehead atoms. The number of nitrogens with one attached hydrogen (secondary N) is 2. The molecule has 5 heteroatoms. The standard InChI is InChI=1S/C29H33N2OPS/c1-20(30-29(34)31-28-25-16-9-8-11-21(25)19-26(28)32)24-17-10-18-27(24)33(22-12-4-2-5-13-22)23-14-6-3-7-15-23/h2-9,11-16,20,24,26-28,32H,10,17-19H2,1H3,(H2,30,31,34)/t20-,24?,26+,27?,28+/m1/s1. The average molecular weight is 489 g/mol. The van der Waals surface area contributed by atoms with Gasteiger partial charge in [0.25, 0.3) is 0 Å². The van der Waals surface area contributed by atoms with Crippen molar-refractivity contribution in [2.75, 3.05) is 0 Å². The van der Waals surface area contributed by atoms with E-state index in [0.717, 1.165) is 5.56 Å². The number of benzene rings is 3. The molecule has 3 nitrogen and oxygen atoms in total. The van der Waals surface area contributed by atoms with Gasteiger partial charge in [-0.05, 0) is 73.2 Å². The molecular formula is C29H33N2OPS. The van der Waals surface area contributed by atoms with E-state index < -0.39 is 14.0 Å². The Kier molecular flexibility index (Phi) is 7.29. The first kappa shape index (κ1) is 23.5. The first-order valence-corrected chi connectivity index (χ1v) is 14.2. The van der Waals surface area contributed by atoms with E-state index in [0.29, 0.717) is 23.1 Å². The Labute approximate surface area is 209 Å². The quantitative estimate of drug-likeness (QED) is 0.345. The highest BCUT2D eigenvalue weighted by molar-refractivity contribution is 7.80. The van der Waals surface area contributed by atoms with Gasteiger partial charge in [-0.25, -0.2) is 0 Å². The summed E-state index contributed by atoms with van der Waals surface area (Å²) in [4.78, 5) is 0. The van der Waals surface area contributed by atoms with Gasteiger partial charge in [-0.2, -0.15) is 0 Å². The Morgan fingerprint density at radius 2 is 1.53 bits per heavy atom. The van der Waals surface area contributed by atoms with Crippen LogP contribution < -0.4 is 21.2 Å². The number of aliphatic hydroxyl groups is 1. The predicted octanol–water partition coefficient (Wildman–Crippen LogP) is 4.80. The highest BCUT2D eigenvalue weighted by atomic mass is 32.1. The molecule has 5 atom stereocenters. The maximum Gasteiger partial charge on any atom is 0.167 e. The normalized spacial score (nSPS) is 24.6. The van der Waals surface area contributed by atoms with Crippen molar-refractivity contribution in [1.82, 2.24) is 10.6 Å². The average Bonchev–Trinajstić information content (AvgIpc) is 3.45. The second-order valence-corrected chi connectivity index (χ2v) is 12.4. The molecule has 3 aromatic carbocycles. The van der Waals surface area contributed by atoms with E-state index in [1.165, 1.54) is 35.4 Å². The number of rotatable bonds is 6. The lowest BCUT2D eigenvalue weighted by Crippen LogP contribution is -2.48. The summed E-state index contributed by atoms with van der Waals surface area (Å²) in [5, 5.41) is 21.2. The van der Waals surface area contributed by atoms with E-state index in [2.05, 4.69) is 90.4 Å². The van der Waals surface area contributed by atoms with Crippen molar-refractivity contribution < 1.29 is 5.11 Å². The maximum atomic E-state index is 10.6. The third-order valence-electron chi connectivity index (χ3n) is 7.42. The maximum absolute atomic E-state index is 10.6. The van der Waals surface area contributed by atoms with Gasteiger partial charge in [-0.3, -0.25) is 0 Å². The summed E-state index contributed by atoms with van der Waals surface area (Å²) in [6.07, 6.45) is 3.95. The molecule has 0 saturated heterocycles. The van der Waals surface area contributed by atoms with Crippen molar-refractivity contribution in [3.8, 4) is 0 Å². The van der Waals surface area contributed by atoms with E-state index in [1.807, 2.05) is 12.1 Å². The zero-order valence-corrected chi connectivity index (χ0v) is 21.3. The highest BCUT2D eigenvalue weighted by Gasteiger charge is 2.38. The molecule has 176 valence electrons. The number of hydrogen-bond donors (Lipinski definition) is 3. The van der Waals surface area contributed by atoms with Crippen LogP contribution in [0.25, 0.3) is 0 Å². The van der Waals surface area contributed by atoms with E-state index in [1.54, 1.807) is 0 Å². The number of aliphatic hydroxyl groups excluding tert-OH is 1. The van der Waals surface area contributed by atoms with Crippen molar-refractivity contribution in [2.45, 2.75) is 56.5 Å². The third-order valence-corrected chi connectivity index (χ3v) is 10.7. The summed E-state index contributed by atoms with van der Waals surface area (Å²) >= 11 is 5.75. The zero-order valence-electron chi connectivity index (χ0n) is 19.6. The highest BCUT2D eigenvalue weighted by Crippen LogP contribution is 2.51. The van der Waals surface area contributed by atoms with E-state index in [-0.39, 0.29) is 12.1 Å². The molecule has 0 radical (unpaired) electrons. The summed E-state index contributed by atoms with van der Waals surface area (Å²) in [6.45, 7) is 2.28. The monoisotopic (exact) mass is 488 g/mol. The molecule has 0 spiro atoms. The van der Waals surface area contributed by atoms with Gasteiger partial charge in [0.15, 0.2) is 5.11 Å². The van der Waals surface area contributed by atoms with E-state index in [4.69, 9.17) is 12.2 Å². The molecule has 2 unspecified atom stereocenters. The molecule has 5 rings (SSSR count). The minimum Gasteiger partial charge on any atom is -0.390 e. The van der Waals surface area contributed by atoms with Crippen molar-refractivity contribution >= 4 is 35.9 Å². The summed E-state index contributed by atoms with van der Waals surface area (Å²) in [7, 11) is -0.447. The largest absolute Gasteiger partial charge is 0.390 e. The Balaban J connectivity index is 1.31. The summed E-state index contributed by atoms with van der Waals surface area (Å²) in [5.74, 6) is 0.548. The zero-order chi connectivity index (χ0) is 23.5. The third kappa shape index (κ3) is 4.91. The molecule has 2 aliphatic rings. The number of hydrogen-bond acceptors (Lipinski definition) is 2. The van der Waals surface area contributed by atoms with Gasteiger partial charge in [-0.1, -0.05) is 91.3 Å². The minimum absolute atomic E-state index is 0.145. The van der Waals surface area contributed by atoms with Crippen LogP contribution >= 0.6 is 20.1 Å². The van der Waals surface area contributed by atoms with Crippen LogP contribution in [0.4, 0.5) is 0 Å². The summed E-state index contributed by atoms with van der Waals surface area (Å²) in [5.41, 5.74) is 2.97. The van der Waals surface area contributed by atoms with Crippen LogP contribution in [-0.4, -0.2) is 28.0 Å². The summed E-state index contributed by atoms with van der Waals surface area (Å²) in [6, 6.07) is 30.5. The van der Waals surface area contributed by atoms with Gasteiger partial charge in [-0.15, -0.1) is 0 Å². The Bertz CT molecular complexity index is 1070. The van der Waals surface area contributed by atoms with Crippen molar-refractivity contribution in [3.05, 3.63) is 96.1 Å². The van der Waals surface area contributed by atoms with Crippen LogP contribution in [-0.2, 0) is 6.42 Å². The topological polar surface area (TPSA) is 44.3 Å². The second kappa shape index (κ2) is 10.6. The van der Waals surface area contributed by atoms with Crippen LogP contribution in [0.5, 0.6) is 0 Å². The van der Waals surface area contributed by atoms with Gasteiger partial charge in [0.05, 0.1) is 12.1 Å². The van der Waals surface area contributed by atoms with Crippen LogP contribution in [0.2, 0.25) is 0 Å². The fourth-order valence-corrected chi connectivity index (χ4v) is 9.42.